The molecule has 0 spiro atoms. The van der Waals surface area contributed by atoms with Crippen molar-refractivity contribution >= 4 is 16.9 Å². The van der Waals surface area contributed by atoms with Crippen LogP contribution in [0.15, 0.2) is 17.1 Å². The predicted octanol–water partition coefficient (Wildman–Crippen LogP) is 1.26. The van der Waals surface area contributed by atoms with Gasteiger partial charge in [-0.3, -0.25) is 14.6 Å². The Labute approximate surface area is 104 Å². The van der Waals surface area contributed by atoms with Gasteiger partial charge in [-0.15, -0.1) is 0 Å². The first-order valence-corrected chi connectivity index (χ1v) is 5.58. The number of nitrogens with one attached hydrogen (secondary N) is 1. The van der Waals surface area contributed by atoms with E-state index in [9.17, 15) is 9.59 Å². The van der Waals surface area contributed by atoms with Crippen LogP contribution in [0.3, 0.4) is 0 Å². The van der Waals surface area contributed by atoms with Crippen molar-refractivity contribution in [1.29, 1.82) is 0 Å². The quantitative estimate of drug-likeness (QED) is 0.809. The van der Waals surface area contributed by atoms with E-state index >= 15 is 0 Å². The highest BCUT2D eigenvalue weighted by Gasteiger charge is 2.14. The Kier molecular flexibility index (Phi) is 3.14. The van der Waals surface area contributed by atoms with Gasteiger partial charge in [0, 0.05) is 22.8 Å². The summed E-state index contributed by atoms with van der Waals surface area (Å²) in [7, 11) is 1.31. The number of aromatic amines is 1. The van der Waals surface area contributed by atoms with Crippen molar-refractivity contribution in [3.05, 3.63) is 39.4 Å². The summed E-state index contributed by atoms with van der Waals surface area (Å²) in [6, 6.07) is 1.75. The Bertz CT molecular complexity index is 674. The standard InChI is InChI=1S/C13H14N2O3/c1-7-9(6-11(16)18-3)13(17)15-10-4-5-14-8(2)12(7)10/h4-5H,6H2,1-3H3,(H,15,17). The number of hydrogen-bond donors (Lipinski definition) is 1. The number of pyridine rings is 2. The molecule has 0 amide bonds. The molecule has 0 aliphatic heterocycles. The molecule has 0 aliphatic carbocycles. The number of fused-ring (bicyclic) bond motifs is 1. The molecule has 0 aliphatic rings. The Morgan fingerprint density at radius 2 is 2.17 bits per heavy atom. The average Bonchev–Trinajstić information content (AvgIpc) is 2.33. The first kappa shape index (κ1) is 12.3. The number of hydrogen-bond acceptors (Lipinski definition) is 4. The maximum Gasteiger partial charge on any atom is 0.310 e. The van der Waals surface area contributed by atoms with Crippen molar-refractivity contribution in [2.75, 3.05) is 7.11 Å². The minimum atomic E-state index is -0.426. The molecule has 0 atom stereocenters. The number of rotatable bonds is 2. The first-order valence-electron chi connectivity index (χ1n) is 5.58. The van der Waals surface area contributed by atoms with Crippen LogP contribution in [-0.2, 0) is 16.0 Å². The number of carbonyl (C=O) groups excluding carboxylic acids is 1. The summed E-state index contributed by atoms with van der Waals surface area (Å²) in [5, 5.41) is 0.885. The second-order valence-electron chi connectivity index (χ2n) is 4.13. The van der Waals surface area contributed by atoms with E-state index < -0.39 is 5.97 Å². The Balaban J connectivity index is 2.72. The molecule has 2 aromatic rings. The number of esters is 1. The summed E-state index contributed by atoms with van der Waals surface area (Å²) in [5.41, 5.74) is 2.53. The zero-order chi connectivity index (χ0) is 13.3. The number of nitrogens with zero attached hydrogens (tertiary/aromatic N) is 1. The first-order chi connectivity index (χ1) is 8.54. The third-order valence-electron chi connectivity index (χ3n) is 3.04. The summed E-state index contributed by atoms with van der Waals surface area (Å²) >= 11 is 0. The van der Waals surface area contributed by atoms with Crippen molar-refractivity contribution < 1.29 is 9.53 Å². The van der Waals surface area contributed by atoms with Gasteiger partial charge in [-0.05, 0) is 25.5 Å². The number of methoxy groups -OCH3 is 1. The molecular weight excluding hydrogens is 232 g/mol. The van der Waals surface area contributed by atoms with E-state index in [1.54, 1.807) is 12.3 Å². The van der Waals surface area contributed by atoms with E-state index in [1.807, 2.05) is 13.8 Å². The maximum atomic E-state index is 11.9. The molecule has 0 radical (unpaired) electrons. The zero-order valence-corrected chi connectivity index (χ0v) is 10.5. The van der Waals surface area contributed by atoms with Crippen LogP contribution < -0.4 is 5.56 Å². The van der Waals surface area contributed by atoms with Crippen LogP contribution in [0.25, 0.3) is 10.9 Å². The molecule has 0 saturated carbocycles. The maximum absolute atomic E-state index is 11.9. The summed E-state index contributed by atoms with van der Waals surface area (Å²) < 4.78 is 4.60. The third-order valence-corrected chi connectivity index (χ3v) is 3.04. The molecule has 0 unspecified atom stereocenters. The van der Waals surface area contributed by atoms with Gasteiger partial charge in [-0.1, -0.05) is 0 Å². The van der Waals surface area contributed by atoms with E-state index in [-0.39, 0.29) is 12.0 Å². The summed E-state index contributed by atoms with van der Waals surface area (Å²) in [5.74, 6) is -0.426. The van der Waals surface area contributed by atoms with Gasteiger partial charge in [0.25, 0.3) is 5.56 Å². The normalized spacial score (nSPS) is 10.6. The summed E-state index contributed by atoms with van der Waals surface area (Å²) in [6.07, 6.45) is 1.62. The van der Waals surface area contributed by atoms with E-state index in [0.717, 1.165) is 22.2 Å². The number of H-pyrrole nitrogens is 1. The van der Waals surface area contributed by atoms with Crippen molar-refractivity contribution in [2.24, 2.45) is 0 Å². The largest absolute Gasteiger partial charge is 0.469 e. The second kappa shape index (κ2) is 4.60. The fourth-order valence-corrected chi connectivity index (χ4v) is 2.09. The van der Waals surface area contributed by atoms with Crippen molar-refractivity contribution in [3.63, 3.8) is 0 Å². The summed E-state index contributed by atoms with van der Waals surface area (Å²) in [4.78, 5) is 30.2. The van der Waals surface area contributed by atoms with Crippen LogP contribution in [0.1, 0.15) is 16.8 Å². The van der Waals surface area contributed by atoms with Crippen molar-refractivity contribution in [2.45, 2.75) is 20.3 Å². The third kappa shape index (κ3) is 1.99. The molecular formula is C13H14N2O3. The molecule has 1 N–H and O–H groups in total. The highest BCUT2D eigenvalue weighted by Crippen LogP contribution is 2.19. The SMILES string of the molecule is COC(=O)Cc1c(C)c2c(C)nccc2[nH]c1=O. The number of aromatic nitrogens is 2. The van der Waals surface area contributed by atoms with Gasteiger partial charge in [0.05, 0.1) is 19.0 Å². The topological polar surface area (TPSA) is 72.0 Å². The molecule has 2 heterocycles. The lowest BCUT2D eigenvalue weighted by Gasteiger charge is -2.09. The molecule has 0 aromatic carbocycles. The number of ether oxygens (including phenoxy) is 1. The van der Waals surface area contributed by atoms with Gasteiger partial charge in [0.1, 0.15) is 0 Å². The van der Waals surface area contributed by atoms with Gasteiger partial charge < -0.3 is 9.72 Å². The van der Waals surface area contributed by atoms with Crippen LogP contribution in [-0.4, -0.2) is 23.0 Å². The van der Waals surface area contributed by atoms with E-state index in [2.05, 4.69) is 14.7 Å². The Hall–Kier alpha value is -2.17. The number of carbonyl (C=O) groups is 1. The lowest BCUT2D eigenvalue weighted by atomic mass is 10.0. The van der Waals surface area contributed by atoms with Crippen molar-refractivity contribution in [1.82, 2.24) is 9.97 Å². The highest BCUT2D eigenvalue weighted by molar-refractivity contribution is 5.86. The predicted molar refractivity (Wildman–Crippen MR) is 67.6 cm³/mol. The van der Waals surface area contributed by atoms with Crippen LogP contribution in [0.5, 0.6) is 0 Å². The van der Waals surface area contributed by atoms with E-state index in [1.165, 1.54) is 7.11 Å². The summed E-state index contributed by atoms with van der Waals surface area (Å²) in [6.45, 7) is 3.69. The molecule has 2 aromatic heterocycles. The van der Waals surface area contributed by atoms with Gasteiger partial charge in [0.2, 0.25) is 0 Å². The van der Waals surface area contributed by atoms with Gasteiger partial charge in [-0.2, -0.15) is 0 Å². The van der Waals surface area contributed by atoms with Crippen molar-refractivity contribution in [3.8, 4) is 0 Å². The lowest BCUT2D eigenvalue weighted by molar-refractivity contribution is -0.139. The molecule has 18 heavy (non-hydrogen) atoms. The van der Waals surface area contributed by atoms with Crippen LogP contribution in [0.2, 0.25) is 0 Å². The average molecular weight is 246 g/mol. The smallest absolute Gasteiger partial charge is 0.310 e. The van der Waals surface area contributed by atoms with E-state index in [0.29, 0.717) is 5.56 Å². The van der Waals surface area contributed by atoms with Gasteiger partial charge >= 0.3 is 5.97 Å². The van der Waals surface area contributed by atoms with Crippen LogP contribution in [0, 0.1) is 13.8 Å². The minimum absolute atomic E-state index is 0.0259. The minimum Gasteiger partial charge on any atom is -0.469 e. The lowest BCUT2D eigenvalue weighted by Crippen LogP contribution is -2.19. The molecule has 0 fully saturated rings. The van der Waals surface area contributed by atoms with Crippen LogP contribution in [0.4, 0.5) is 0 Å². The van der Waals surface area contributed by atoms with Crippen LogP contribution >= 0.6 is 0 Å². The Morgan fingerprint density at radius 1 is 1.44 bits per heavy atom. The monoisotopic (exact) mass is 246 g/mol. The highest BCUT2D eigenvalue weighted by atomic mass is 16.5. The molecule has 5 nitrogen and oxygen atoms in total. The molecule has 0 saturated heterocycles. The molecule has 0 bridgehead atoms. The molecule has 94 valence electrons. The Morgan fingerprint density at radius 3 is 2.83 bits per heavy atom. The molecule has 5 heteroatoms. The van der Waals surface area contributed by atoms with Gasteiger partial charge in [-0.25, -0.2) is 0 Å². The zero-order valence-electron chi connectivity index (χ0n) is 10.5. The van der Waals surface area contributed by atoms with E-state index in [4.69, 9.17) is 0 Å². The van der Waals surface area contributed by atoms with Gasteiger partial charge in [0.15, 0.2) is 0 Å². The fourth-order valence-electron chi connectivity index (χ4n) is 2.09. The number of aryl methyl sites for hydroxylation is 2. The fraction of sp³-hybridized carbons (Fsp3) is 0.308. The molecule has 2 rings (SSSR count). The second-order valence-corrected chi connectivity index (χ2v) is 4.13.